The van der Waals surface area contributed by atoms with Crippen LogP contribution in [-0.2, 0) is 20.8 Å². The highest BCUT2D eigenvalue weighted by molar-refractivity contribution is 5.93. The maximum absolute atomic E-state index is 12.9. The Labute approximate surface area is 230 Å². The molecule has 0 spiro atoms. The number of nitrogens with one attached hydrogen (secondary N) is 1. The lowest BCUT2D eigenvalue weighted by Crippen LogP contribution is -2.41. The van der Waals surface area contributed by atoms with Crippen LogP contribution in [0.1, 0.15) is 38.7 Å². The second-order valence-electron chi connectivity index (χ2n) is 9.80. The van der Waals surface area contributed by atoms with Gasteiger partial charge in [-0.25, -0.2) is 9.59 Å². The topological polar surface area (TPSA) is 125 Å². The van der Waals surface area contributed by atoms with Crippen LogP contribution >= 0.6 is 0 Å². The first-order valence-corrected chi connectivity index (χ1v) is 13.2. The minimum absolute atomic E-state index is 0.0209. The quantitative estimate of drug-likeness (QED) is 0.330. The lowest BCUT2D eigenvalue weighted by molar-refractivity contribution is -0.134. The van der Waals surface area contributed by atoms with Crippen molar-refractivity contribution in [1.29, 1.82) is 0 Å². The van der Waals surface area contributed by atoms with Crippen molar-refractivity contribution in [2.24, 2.45) is 11.8 Å². The molecule has 2 aromatic rings. The number of aliphatic carboxylic acids is 2. The van der Waals surface area contributed by atoms with E-state index in [4.69, 9.17) is 19.7 Å². The Morgan fingerprint density at radius 1 is 1.05 bits per heavy atom. The number of anilines is 1. The molecular weight excluding hydrogens is 500 g/mol. The number of aryl methyl sites for hydroxylation is 1. The summed E-state index contributed by atoms with van der Waals surface area (Å²) in [5, 5.41) is 18.7. The molecule has 9 heteroatoms. The molecule has 1 saturated heterocycles. The summed E-state index contributed by atoms with van der Waals surface area (Å²) in [5.41, 5.74) is 2.13. The molecule has 1 aliphatic heterocycles. The van der Waals surface area contributed by atoms with Crippen molar-refractivity contribution in [2.75, 3.05) is 38.7 Å². The molecule has 212 valence electrons. The molecule has 1 amide bonds. The summed E-state index contributed by atoms with van der Waals surface area (Å²) in [6.45, 7) is 7.75. The molecule has 3 N–H and O–H groups in total. The monoisotopic (exact) mass is 540 g/mol. The highest BCUT2D eigenvalue weighted by atomic mass is 16.5. The van der Waals surface area contributed by atoms with E-state index in [1.807, 2.05) is 18.2 Å². The highest BCUT2D eigenvalue weighted by Crippen LogP contribution is 2.31. The van der Waals surface area contributed by atoms with Gasteiger partial charge in [-0.3, -0.25) is 4.79 Å². The maximum Gasteiger partial charge on any atom is 0.328 e. The molecule has 39 heavy (non-hydrogen) atoms. The number of carboxylic acid groups (broad SMARTS) is 2. The SMILES string of the molecule is COc1ccc(NC(=O)C2CCCN(CCCc3ccccc3)C2)cc1OCC(C)C.O=C(O)C=CC(=O)O. The van der Waals surface area contributed by atoms with Gasteiger partial charge >= 0.3 is 11.9 Å². The number of rotatable bonds is 12. The molecule has 0 aliphatic carbocycles. The van der Waals surface area contributed by atoms with Crippen LogP contribution in [0, 0.1) is 11.8 Å². The third-order valence-corrected chi connectivity index (χ3v) is 6.03. The van der Waals surface area contributed by atoms with Crippen molar-refractivity contribution >= 4 is 23.5 Å². The first-order chi connectivity index (χ1) is 18.7. The summed E-state index contributed by atoms with van der Waals surface area (Å²) in [6, 6.07) is 16.2. The van der Waals surface area contributed by atoms with Gasteiger partial charge in [0.25, 0.3) is 0 Å². The smallest absolute Gasteiger partial charge is 0.328 e. The summed E-state index contributed by atoms with van der Waals surface area (Å²) in [6.07, 6.45) is 5.32. The maximum atomic E-state index is 12.9. The van der Waals surface area contributed by atoms with Gasteiger partial charge in [0.05, 0.1) is 19.6 Å². The van der Waals surface area contributed by atoms with Crippen LogP contribution in [0.3, 0.4) is 0 Å². The summed E-state index contributed by atoms with van der Waals surface area (Å²) in [5.74, 6) is -0.640. The van der Waals surface area contributed by atoms with E-state index in [0.717, 1.165) is 51.0 Å². The summed E-state index contributed by atoms with van der Waals surface area (Å²) in [4.78, 5) is 34.5. The predicted molar refractivity (Wildman–Crippen MR) is 150 cm³/mol. The van der Waals surface area contributed by atoms with E-state index in [1.165, 1.54) is 5.56 Å². The molecule has 1 heterocycles. The van der Waals surface area contributed by atoms with Crippen molar-refractivity contribution < 1.29 is 34.1 Å². The van der Waals surface area contributed by atoms with Crippen LogP contribution in [0.25, 0.3) is 0 Å². The van der Waals surface area contributed by atoms with Crippen molar-refractivity contribution in [3.63, 3.8) is 0 Å². The number of carbonyl (C=O) groups excluding carboxylic acids is 1. The third-order valence-electron chi connectivity index (χ3n) is 6.03. The summed E-state index contributed by atoms with van der Waals surface area (Å²) < 4.78 is 11.3. The fraction of sp³-hybridized carbons (Fsp3) is 0.433. The Kier molecular flexibility index (Phi) is 13.6. The van der Waals surface area contributed by atoms with Crippen LogP contribution in [0.2, 0.25) is 0 Å². The average molecular weight is 541 g/mol. The largest absolute Gasteiger partial charge is 0.493 e. The summed E-state index contributed by atoms with van der Waals surface area (Å²) >= 11 is 0. The number of ether oxygens (including phenoxy) is 2. The van der Waals surface area contributed by atoms with E-state index < -0.39 is 11.9 Å². The van der Waals surface area contributed by atoms with E-state index in [2.05, 4.69) is 54.4 Å². The van der Waals surface area contributed by atoms with Crippen molar-refractivity contribution in [2.45, 2.75) is 39.5 Å². The Balaban J connectivity index is 0.000000580. The highest BCUT2D eigenvalue weighted by Gasteiger charge is 2.25. The minimum Gasteiger partial charge on any atom is -0.493 e. The number of carbonyl (C=O) groups is 3. The number of methoxy groups -OCH3 is 1. The molecule has 1 fully saturated rings. The lowest BCUT2D eigenvalue weighted by atomic mass is 9.96. The number of amides is 1. The van der Waals surface area contributed by atoms with E-state index in [9.17, 15) is 14.4 Å². The second-order valence-corrected chi connectivity index (χ2v) is 9.80. The van der Waals surface area contributed by atoms with Gasteiger partial charge in [0.1, 0.15) is 0 Å². The number of hydrogen-bond acceptors (Lipinski definition) is 6. The number of piperidine rings is 1. The van der Waals surface area contributed by atoms with Crippen molar-refractivity contribution in [3.05, 3.63) is 66.2 Å². The number of carboxylic acids is 2. The number of hydrogen-bond donors (Lipinski definition) is 3. The fourth-order valence-corrected chi connectivity index (χ4v) is 4.13. The van der Waals surface area contributed by atoms with Crippen LogP contribution in [-0.4, -0.2) is 66.3 Å². The lowest BCUT2D eigenvalue weighted by Gasteiger charge is -2.32. The van der Waals surface area contributed by atoms with E-state index in [0.29, 0.717) is 36.2 Å². The van der Waals surface area contributed by atoms with Gasteiger partial charge in [0.2, 0.25) is 5.91 Å². The molecule has 0 radical (unpaired) electrons. The van der Waals surface area contributed by atoms with E-state index in [1.54, 1.807) is 7.11 Å². The Morgan fingerprint density at radius 3 is 2.36 bits per heavy atom. The molecule has 0 bridgehead atoms. The molecule has 0 saturated carbocycles. The van der Waals surface area contributed by atoms with E-state index in [-0.39, 0.29) is 11.8 Å². The number of nitrogens with zero attached hydrogens (tertiary/aromatic N) is 1. The molecule has 9 nitrogen and oxygen atoms in total. The van der Waals surface area contributed by atoms with Crippen LogP contribution in [0.5, 0.6) is 11.5 Å². The summed E-state index contributed by atoms with van der Waals surface area (Å²) in [7, 11) is 1.63. The predicted octanol–water partition coefficient (Wildman–Crippen LogP) is 4.73. The van der Waals surface area contributed by atoms with Gasteiger partial charge in [-0.15, -0.1) is 0 Å². The molecule has 1 atom stereocenters. The molecule has 1 unspecified atom stereocenters. The van der Waals surface area contributed by atoms with Crippen LogP contribution in [0.15, 0.2) is 60.7 Å². The molecule has 0 aromatic heterocycles. The Morgan fingerprint density at radius 2 is 1.74 bits per heavy atom. The van der Waals surface area contributed by atoms with Gasteiger partial charge in [-0.2, -0.15) is 0 Å². The van der Waals surface area contributed by atoms with E-state index >= 15 is 0 Å². The number of likely N-dealkylation sites (tertiary alicyclic amines) is 1. The third kappa shape index (κ3) is 12.5. The normalized spacial score (nSPS) is 15.3. The minimum atomic E-state index is -1.26. The van der Waals surface area contributed by atoms with Crippen molar-refractivity contribution in [3.8, 4) is 11.5 Å². The zero-order valence-corrected chi connectivity index (χ0v) is 23.0. The first-order valence-electron chi connectivity index (χ1n) is 13.2. The van der Waals surface area contributed by atoms with Crippen molar-refractivity contribution in [1.82, 2.24) is 4.90 Å². The standard InChI is InChI=1S/C26H36N2O3.C4H4O4/c1-20(2)19-31-25-17-23(13-14-24(25)30-3)27-26(29)22-12-8-16-28(18-22)15-7-11-21-9-5-4-6-10-21;5-3(6)1-2-4(7)8/h4-6,9-10,13-14,17,20,22H,7-8,11-12,15-16,18-19H2,1-3H3,(H,27,29);1-2H,(H,5,6)(H,7,8). The van der Waals surface area contributed by atoms with Gasteiger partial charge in [-0.1, -0.05) is 44.2 Å². The Bertz CT molecular complexity index is 1070. The molecule has 1 aliphatic rings. The van der Waals surface area contributed by atoms with Crippen LogP contribution in [0.4, 0.5) is 5.69 Å². The zero-order chi connectivity index (χ0) is 28.6. The molecule has 3 rings (SSSR count). The number of benzene rings is 2. The fourth-order valence-electron chi connectivity index (χ4n) is 4.13. The average Bonchev–Trinajstić information content (AvgIpc) is 2.92. The first kappa shape index (κ1) is 31.4. The Hall–Kier alpha value is -3.85. The van der Waals surface area contributed by atoms with Gasteiger partial charge < -0.3 is 29.9 Å². The van der Waals surface area contributed by atoms with Crippen LogP contribution < -0.4 is 14.8 Å². The van der Waals surface area contributed by atoms with Gasteiger partial charge in [0, 0.05) is 30.5 Å². The zero-order valence-electron chi connectivity index (χ0n) is 23.0. The molecular formula is C30H40N2O7. The van der Waals surface area contributed by atoms with Gasteiger partial charge in [-0.05, 0) is 62.4 Å². The second kappa shape index (κ2) is 16.9. The molecule has 2 aromatic carbocycles. The van der Waals surface area contributed by atoms with Gasteiger partial charge in [0.15, 0.2) is 11.5 Å².